The van der Waals surface area contributed by atoms with Crippen molar-refractivity contribution < 1.29 is 14.4 Å². The topological polar surface area (TPSA) is 144 Å². The Morgan fingerprint density at radius 3 is 2.55 bits per heavy atom. The van der Waals surface area contributed by atoms with Crippen LogP contribution in [0.25, 0.3) is 0 Å². The number of likely N-dealkylation sites (tertiary alicyclic amines) is 1. The summed E-state index contributed by atoms with van der Waals surface area (Å²) in [4.78, 5) is 53.2. The number of carbonyl (C=O) groups is 3. The molecule has 2 fully saturated rings. The lowest BCUT2D eigenvalue weighted by molar-refractivity contribution is -0.124. The number of aromatic nitrogens is 3. The molecule has 4 rings (SSSR count). The Labute approximate surface area is 182 Å². The van der Waals surface area contributed by atoms with Crippen molar-refractivity contribution >= 4 is 40.3 Å². The average molecular weight is 440 g/mol. The van der Waals surface area contributed by atoms with Crippen molar-refractivity contribution in [3.63, 3.8) is 0 Å². The van der Waals surface area contributed by atoms with Gasteiger partial charge < -0.3 is 10.6 Å². The maximum Gasteiger partial charge on any atom is 0.332 e. The molecule has 11 nitrogen and oxygen atoms in total. The van der Waals surface area contributed by atoms with Crippen molar-refractivity contribution in [3.8, 4) is 6.07 Å². The Morgan fingerprint density at radius 2 is 1.94 bits per heavy atom. The zero-order valence-electron chi connectivity index (χ0n) is 17.0. The van der Waals surface area contributed by atoms with E-state index >= 15 is 0 Å². The molecule has 2 saturated heterocycles. The molecule has 0 aliphatic carbocycles. The first kappa shape index (κ1) is 20.8. The highest BCUT2D eigenvalue weighted by atomic mass is 32.1. The molecule has 0 saturated carbocycles. The molecular weight excluding hydrogens is 420 g/mol. The zero-order chi connectivity index (χ0) is 22.2. The number of nitriles is 1. The van der Waals surface area contributed by atoms with Crippen LogP contribution in [0.5, 0.6) is 0 Å². The van der Waals surface area contributed by atoms with Crippen LogP contribution in [0.1, 0.15) is 43.2 Å². The molecule has 0 aromatic carbocycles. The SMILES string of the molecule is CC(=O)Nc1ncc([C@H](C)N2CCC3(CC2)NC(=O)N(c2ncc(C#N)cn2)C3=O)s1. The van der Waals surface area contributed by atoms with Crippen LogP contribution in [0, 0.1) is 11.3 Å². The maximum absolute atomic E-state index is 13.1. The van der Waals surface area contributed by atoms with Crippen LogP contribution in [0.4, 0.5) is 15.9 Å². The minimum absolute atomic E-state index is 0.0377. The second-order valence-electron chi connectivity index (χ2n) is 7.50. The summed E-state index contributed by atoms with van der Waals surface area (Å²) in [5, 5.41) is 14.9. The number of carbonyl (C=O) groups excluding carboxylic acids is 3. The second-order valence-corrected chi connectivity index (χ2v) is 8.56. The van der Waals surface area contributed by atoms with Gasteiger partial charge in [-0.15, -0.1) is 11.3 Å². The molecule has 2 aliphatic rings. The van der Waals surface area contributed by atoms with Gasteiger partial charge in [-0.2, -0.15) is 10.2 Å². The predicted molar refractivity (Wildman–Crippen MR) is 111 cm³/mol. The Balaban J connectivity index is 1.44. The molecule has 2 aromatic heterocycles. The Kier molecular flexibility index (Phi) is 5.38. The third-order valence-corrected chi connectivity index (χ3v) is 6.63. The van der Waals surface area contributed by atoms with Gasteiger partial charge in [0.05, 0.1) is 18.0 Å². The number of imide groups is 1. The van der Waals surface area contributed by atoms with Crippen LogP contribution < -0.4 is 15.5 Å². The lowest BCUT2D eigenvalue weighted by Gasteiger charge is -2.39. The number of nitrogens with zero attached hydrogens (tertiary/aromatic N) is 6. The predicted octanol–water partition coefficient (Wildman–Crippen LogP) is 1.42. The average Bonchev–Trinajstić information content (AvgIpc) is 3.30. The molecule has 160 valence electrons. The molecule has 2 aromatic rings. The molecule has 0 radical (unpaired) electrons. The molecule has 31 heavy (non-hydrogen) atoms. The number of hydrogen-bond acceptors (Lipinski definition) is 9. The first-order valence-electron chi connectivity index (χ1n) is 9.69. The van der Waals surface area contributed by atoms with E-state index in [9.17, 15) is 14.4 Å². The molecule has 4 heterocycles. The number of anilines is 2. The van der Waals surface area contributed by atoms with Crippen LogP contribution in [0.2, 0.25) is 0 Å². The molecular formula is C19H20N8O3S. The number of piperidine rings is 1. The Bertz CT molecular complexity index is 1070. The lowest BCUT2D eigenvalue weighted by atomic mass is 9.87. The van der Waals surface area contributed by atoms with E-state index in [0.29, 0.717) is 31.1 Å². The minimum Gasteiger partial charge on any atom is -0.323 e. The van der Waals surface area contributed by atoms with Crippen molar-refractivity contribution in [1.82, 2.24) is 25.2 Å². The van der Waals surface area contributed by atoms with E-state index in [1.54, 1.807) is 6.20 Å². The van der Waals surface area contributed by atoms with E-state index in [4.69, 9.17) is 5.26 Å². The third kappa shape index (κ3) is 3.85. The van der Waals surface area contributed by atoms with Crippen LogP contribution in [0.3, 0.4) is 0 Å². The fourth-order valence-electron chi connectivity index (χ4n) is 3.80. The van der Waals surface area contributed by atoms with Gasteiger partial charge in [0.15, 0.2) is 5.13 Å². The summed E-state index contributed by atoms with van der Waals surface area (Å²) in [5.74, 6) is -0.579. The van der Waals surface area contributed by atoms with Gasteiger partial charge in [-0.3, -0.25) is 14.5 Å². The summed E-state index contributed by atoms with van der Waals surface area (Å²) in [6.07, 6.45) is 5.21. The molecule has 2 N–H and O–H groups in total. The number of thiazole rings is 1. The van der Waals surface area contributed by atoms with Gasteiger partial charge in [0.1, 0.15) is 11.6 Å². The summed E-state index contributed by atoms with van der Waals surface area (Å²) in [6, 6.07) is 1.41. The first-order chi connectivity index (χ1) is 14.8. The zero-order valence-corrected chi connectivity index (χ0v) is 17.8. The number of urea groups is 1. The van der Waals surface area contributed by atoms with Gasteiger partial charge >= 0.3 is 6.03 Å². The number of nitrogens with one attached hydrogen (secondary N) is 2. The molecule has 2 aliphatic heterocycles. The lowest BCUT2D eigenvalue weighted by Crippen LogP contribution is -2.55. The highest BCUT2D eigenvalue weighted by Gasteiger charge is 2.54. The van der Waals surface area contributed by atoms with E-state index in [2.05, 4.69) is 37.4 Å². The van der Waals surface area contributed by atoms with Crippen molar-refractivity contribution in [2.24, 2.45) is 0 Å². The summed E-state index contributed by atoms with van der Waals surface area (Å²) < 4.78 is 0. The summed E-state index contributed by atoms with van der Waals surface area (Å²) >= 11 is 1.42. The number of amides is 4. The van der Waals surface area contributed by atoms with E-state index in [1.165, 1.54) is 30.7 Å². The molecule has 4 amide bonds. The van der Waals surface area contributed by atoms with Crippen LogP contribution in [0.15, 0.2) is 18.6 Å². The minimum atomic E-state index is -0.986. The van der Waals surface area contributed by atoms with Crippen molar-refractivity contribution in [2.75, 3.05) is 23.3 Å². The fourth-order valence-corrected chi connectivity index (χ4v) is 4.74. The fraction of sp³-hybridized carbons (Fsp3) is 0.421. The van der Waals surface area contributed by atoms with Gasteiger partial charge in [-0.25, -0.2) is 19.7 Å². The van der Waals surface area contributed by atoms with Crippen LogP contribution in [-0.2, 0) is 9.59 Å². The van der Waals surface area contributed by atoms with E-state index in [-0.39, 0.29) is 29.4 Å². The van der Waals surface area contributed by atoms with Gasteiger partial charge in [-0.05, 0) is 19.8 Å². The molecule has 0 bridgehead atoms. The number of rotatable bonds is 4. The molecule has 12 heteroatoms. The number of hydrogen-bond donors (Lipinski definition) is 2. The molecule has 1 spiro atoms. The molecule has 0 unspecified atom stereocenters. The monoisotopic (exact) mass is 440 g/mol. The van der Waals surface area contributed by atoms with Crippen molar-refractivity contribution in [3.05, 3.63) is 29.0 Å². The first-order valence-corrected chi connectivity index (χ1v) is 10.5. The maximum atomic E-state index is 13.1. The van der Waals surface area contributed by atoms with Gasteiger partial charge in [0.25, 0.3) is 5.91 Å². The summed E-state index contributed by atoms with van der Waals surface area (Å²) in [5.41, 5.74) is -0.739. The highest BCUT2D eigenvalue weighted by molar-refractivity contribution is 7.15. The Hall–Kier alpha value is -3.43. The van der Waals surface area contributed by atoms with Crippen LogP contribution in [-0.4, -0.2) is 56.3 Å². The Morgan fingerprint density at radius 1 is 1.26 bits per heavy atom. The smallest absolute Gasteiger partial charge is 0.323 e. The summed E-state index contributed by atoms with van der Waals surface area (Å²) in [6.45, 7) is 4.69. The summed E-state index contributed by atoms with van der Waals surface area (Å²) in [7, 11) is 0. The standard InChI is InChI=1S/C19H20N8O3S/c1-11(14-10-23-17(31-14)24-12(2)28)26-5-3-19(4-6-26)15(29)27(18(30)25-19)16-21-8-13(7-20)9-22-16/h8-11H,3-6H2,1-2H3,(H,25,30)(H,23,24,28)/t11-/m0/s1. The van der Waals surface area contributed by atoms with Crippen molar-refractivity contribution in [2.45, 2.75) is 38.3 Å². The normalized spacial score (nSPS) is 19.2. The van der Waals surface area contributed by atoms with Gasteiger partial charge in [0, 0.05) is 37.1 Å². The van der Waals surface area contributed by atoms with Gasteiger partial charge in [-0.1, -0.05) is 0 Å². The van der Waals surface area contributed by atoms with E-state index in [0.717, 1.165) is 9.78 Å². The van der Waals surface area contributed by atoms with Crippen LogP contribution >= 0.6 is 11.3 Å². The second kappa shape index (κ2) is 8.01. The van der Waals surface area contributed by atoms with Crippen molar-refractivity contribution in [1.29, 1.82) is 5.26 Å². The van der Waals surface area contributed by atoms with E-state index in [1.807, 2.05) is 6.07 Å². The molecule has 1 atom stereocenters. The highest BCUT2D eigenvalue weighted by Crippen LogP contribution is 2.35. The third-order valence-electron chi connectivity index (χ3n) is 5.55. The van der Waals surface area contributed by atoms with E-state index < -0.39 is 11.6 Å². The largest absolute Gasteiger partial charge is 0.332 e. The van der Waals surface area contributed by atoms with Gasteiger partial charge in [0.2, 0.25) is 11.9 Å². The quantitative estimate of drug-likeness (QED) is 0.679.